The smallest absolute Gasteiger partial charge is 0.273 e. The number of benzene rings is 2. The number of aromatic nitrogens is 1. The molecule has 1 heterocycles. The second kappa shape index (κ2) is 8.09. The predicted molar refractivity (Wildman–Crippen MR) is 98.2 cm³/mol. The van der Waals surface area contributed by atoms with Gasteiger partial charge in [-0.1, -0.05) is 30.3 Å². The van der Waals surface area contributed by atoms with Crippen LogP contribution in [0.4, 0.5) is 8.78 Å². The van der Waals surface area contributed by atoms with Crippen LogP contribution in [0.25, 0.3) is 22.8 Å². The highest BCUT2D eigenvalue weighted by Gasteiger charge is 2.22. The molecule has 27 heavy (non-hydrogen) atoms. The molecule has 0 fully saturated rings. The van der Waals surface area contributed by atoms with Gasteiger partial charge in [-0.05, 0) is 26.2 Å². The van der Waals surface area contributed by atoms with Gasteiger partial charge < -0.3 is 14.6 Å². The van der Waals surface area contributed by atoms with Gasteiger partial charge in [-0.25, -0.2) is 13.8 Å². The van der Waals surface area contributed by atoms with E-state index in [1.165, 1.54) is 0 Å². The number of halogens is 2. The molecule has 1 amide bonds. The van der Waals surface area contributed by atoms with E-state index in [2.05, 4.69) is 10.3 Å². The minimum atomic E-state index is -0.749. The zero-order valence-electron chi connectivity index (χ0n) is 15.0. The predicted octanol–water partition coefficient (Wildman–Crippen LogP) is 3.58. The molecule has 0 bridgehead atoms. The summed E-state index contributed by atoms with van der Waals surface area (Å²) in [6.45, 7) is 1.09. The molecular formula is C20H19F2N3O2. The Bertz CT molecular complexity index is 919. The molecule has 3 rings (SSSR count). The van der Waals surface area contributed by atoms with Crippen molar-refractivity contribution >= 4 is 5.91 Å². The molecule has 7 heteroatoms. The Balaban J connectivity index is 2.00. The lowest BCUT2D eigenvalue weighted by Gasteiger charge is -2.09. The van der Waals surface area contributed by atoms with Gasteiger partial charge >= 0.3 is 0 Å². The standard InChI is InChI=1S/C20H19F2N3O2/c1-25(2)9-8-23-19(26)17-18(13-6-4-3-5-7-13)27-20(24-17)14-10-15(21)12-16(22)11-14/h3-7,10-12H,8-9H2,1-2H3,(H,23,26). The van der Waals surface area contributed by atoms with Crippen LogP contribution in [0.15, 0.2) is 52.9 Å². The monoisotopic (exact) mass is 371 g/mol. The Morgan fingerprint density at radius 1 is 1.07 bits per heavy atom. The quantitative estimate of drug-likeness (QED) is 0.720. The molecule has 3 aromatic rings. The molecule has 140 valence electrons. The van der Waals surface area contributed by atoms with Gasteiger partial charge in [-0.2, -0.15) is 0 Å². The van der Waals surface area contributed by atoms with Crippen molar-refractivity contribution in [2.24, 2.45) is 0 Å². The SMILES string of the molecule is CN(C)CCNC(=O)c1nc(-c2cc(F)cc(F)c2)oc1-c1ccccc1. The molecule has 0 unspecified atom stereocenters. The number of carbonyl (C=O) groups is 1. The first kappa shape index (κ1) is 18.7. The third kappa shape index (κ3) is 4.57. The van der Waals surface area contributed by atoms with Crippen LogP contribution in [0, 0.1) is 11.6 Å². The number of hydrogen-bond donors (Lipinski definition) is 1. The van der Waals surface area contributed by atoms with Crippen molar-refractivity contribution in [3.63, 3.8) is 0 Å². The number of nitrogens with zero attached hydrogens (tertiary/aromatic N) is 2. The third-order valence-corrected chi connectivity index (χ3v) is 3.83. The summed E-state index contributed by atoms with van der Waals surface area (Å²) in [4.78, 5) is 18.7. The number of oxazole rings is 1. The van der Waals surface area contributed by atoms with Crippen molar-refractivity contribution in [2.75, 3.05) is 27.2 Å². The molecular weight excluding hydrogens is 352 g/mol. The zero-order valence-corrected chi connectivity index (χ0v) is 15.0. The van der Waals surface area contributed by atoms with Crippen LogP contribution < -0.4 is 5.32 Å². The Hall–Kier alpha value is -3.06. The highest BCUT2D eigenvalue weighted by Crippen LogP contribution is 2.30. The van der Waals surface area contributed by atoms with Crippen LogP contribution in [-0.4, -0.2) is 43.0 Å². The van der Waals surface area contributed by atoms with Crippen molar-refractivity contribution in [2.45, 2.75) is 0 Å². The molecule has 0 saturated carbocycles. The lowest BCUT2D eigenvalue weighted by atomic mass is 10.1. The van der Waals surface area contributed by atoms with Crippen molar-refractivity contribution in [3.8, 4) is 22.8 Å². The van der Waals surface area contributed by atoms with E-state index in [0.717, 1.165) is 18.2 Å². The van der Waals surface area contributed by atoms with Crippen molar-refractivity contribution < 1.29 is 18.0 Å². The Morgan fingerprint density at radius 3 is 2.37 bits per heavy atom. The van der Waals surface area contributed by atoms with E-state index in [9.17, 15) is 13.6 Å². The molecule has 0 spiro atoms. The highest BCUT2D eigenvalue weighted by molar-refractivity contribution is 5.98. The first-order chi connectivity index (χ1) is 12.9. The van der Waals surface area contributed by atoms with Gasteiger partial charge in [-0.15, -0.1) is 0 Å². The van der Waals surface area contributed by atoms with Crippen molar-refractivity contribution in [1.29, 1.82) is 0 Å². The summed E-state index contributed by atoms with van der Waals surface area (Å²) < 4.78 is 32.8. The molecule has 5 nitrogen and oxygen atoms in total. The number of rotatable bonds is 6. The van der Waals surface area contributed by atoms with Crippen molar-refractivity contribution in [1.82, 2.24) is 15.2 Å². The number of hydrogen-bond acceptors (Lipinski definition) is 4. The Labute approximate surface area is 155 Å². The van der Waals surface area contributed by atoms with Gasteiger partial charge in [-0.3, -0.25) is 4.79 Å². The minimum absolute atomic E-state index is 0.0231. The Morgan fingerprint density at radius 2 is 1.74 bits per heavy atom. The van der Waals surface area contributed by atoms with Gasteiger partial charge in [0.05, 0.1) is 0 Å². The molecule has 0 aliphatic heterocycles. The van der Waals surface area contributed by atoms with E-state index >= 15 is 0 Å². The number of carbonyl (C=O) groups excluding carboxylic acids is 1. The maximum atomic E-state index is 13.6. The zero-order chi connectivity index (χ0) is 19.4. The summed E-state index contributed by atoms with van der Waals surface area (Å²) in [5.74, 6) is -1.69. The molecule has 0 saturated heterocycles. The van der Waals surface area contributed by atoms with E-state index in [0.29, 0.717) is 18.7 Å². The van der Waals surface area contributed by atoms with Crippen LogP contribution >= 0.6 is 0 Å². The second-order valence-electron chi connectivity index (χ2n) is 6.28. The molecule has 0 radical (unpaired) electrons. The normalized spacial score (nSPS) is 11.0. The number of likely N-dealkylation sites (N-methyl/N-ethyl adjacent to an activating group) is 1. The molecule has 0 aliphatic rings. The molecule has 0 atom stereocenters. The lowest BCUT2D eigenvalue weighted by molar-refractivity contribution is 0.0947. The van der Waals surface area contributed by atoms with Crippen LogP contribution in [-0.2, 0) is 0 Å². The number of nitrogens with one attached hydrogen (secondary N) is 1. The van der Waals surface area contributed by atoms with Gasteiger partial charge in [0.15, 0.2) is 11.5 Å². The summed E-state index contributed by atoms with van der Waals surface area (Å²) in [5, 5.41) is 2.78. The van der Waals surface area contributed by atoms with E-state index in [1.807, 2.05) is 25.1 Å². The maximum Gasteiger partial charge on any atom is 0.273 e. The topological polar surface area (TPSA) is 58.4 Å². The summed E-state index contributed by atoms with van der Waals surface area (Å²) in [7, 11) is 3.79. The van der Waals surface area contributed by atoms with Gasteiger partial charge in [0.25, 0.3) is 5.91 Å². The van der Waals surface area contributed by atoms with Gasteiger partial charge in [0.2, 0.25) is 5.89 Å². The summed E-state index contributed by atoms with van der Waals surface area (Å²) in [5.41, 5.74) is 0.836. The average Bonchev–Trinajstić information content (AvgIpc) is 3.07. The fourth-order valence-electron chi connectivity index (χ4n) is 2.54. The Kier molecular flexibility index (Phi) is 5.61. The summed E-state index contributed by atoms with van der Waals surface area (Å²) in [6, 6.07) is 12.0. The highest BCUT2D eigenvalue weighted by atomic mass is 19.1. The van der Waals surface area contributed by atoms with Gasteiger partial charge in [0, 0.05) is 30.3 Å². The van der Waals surface area contributed by atoms with Crippen LogP contribution in [0.5, 0.6) is 0 Å². The maximum absolute atomic E-state index is 13.6. The minimum Gasteiger partial charge on any atom is -0.435 e. The third-order valence-electron chi connectivity index (χ3n) is 3.83. The number of amides is 1. The largest absolute Gasteiger partial charge is 0.435 e. The second-order valence-corrected chi connectivity index (χ2v) is 6.28. The average molecular weight is 371 g/mol. The molecule has 2 aromatic carbocycles. The van der Waals surface area contributed by atoms with Crippen LogP contribution in [0.1, 0.15) is 10.5 Å². The molecule has 1 N–H and O–H groups in total. The summed E-state index contributed by atoms with van der Waals surface area (Å²) in [6.07, 6.45) is 0. The first-order valence-electron chi connectivity index (χ1n) is 8.39. The summed E-state index contributed by atoms with van der Waals surface area (Å²) >= 11 is 0. The van der Waals surface area contributed by atoms with Crippen LogP contribution in [0.3, 0.4) is 0 Å². The van der Waals surface area contributed by atoms with Crippen LogP contribution in [0.2, 0.25) is 0 Å². The molecule has 1 aromatic heterocycles. The van der Waals surface area contributed by atoms with E-state index < -0.39 is 17.5 Å². The van der Waals surface area contributed by atoms with Gasteiger partial charge in [0.1, 0.15) is 11.6 Å². The fraction of sp³-hybridized carbons (Fsp3) is 0.200. The lowest BCUT2D eigenvalue weighted by Crippen LogP contribution is -2.31. The van der Waals surface area contributed by atoms with E-state index in [1.54, 1.807) is 24.3 Å². The van der Waals surface area contributed by atoms with E-state index in [-0.39, 0.29) is 22.9 Å². The first-order valence-corrected chi connectivity index (χ1v) is 8.39. The fourth-order valence-corrected chi connectivity index (χ4v) is 2.54. The molecule has 0 aliphatic carbocycles. The van der Waals surface area contributed by atoms with Crippen molar-refractivity contribution in [3.05, 3.63) is 65.9 Å². The van der Waals surface area contributed by atoms with E-state index in [4.69, 9.17) is 4.42 Å².